The monoisotopic (exact) mass is 351 g/mol. The van der Waals surface area contributed by atoms with Crippen molar-refractivity contribution < 1.29 is 23.2 Å². The molecular formula is C16H16FN2O4S+. The first-order valence-corrected chi connectivity index (χ1v) is 8.78. The van der Waals surface area contributed by atoms with E-state index in [1.54, 1.807) is 24.3 Å². The number of nitrogens with one attached hydrogen (secondary N) is 1. The van der Waals surface area contributed by atoms with Crippen LogP contribution in [0, 0.1) is 5.82 Å². The molecule has 1 aliphatic heterocycles. The maximum absolute atomic E-state index is 12.9. The molecule has 1 fully saturated rings. The second-order valence-electron chi connectivity index (χ2n) is 5.48. The Labute approximate surface area is 139 Å². The summed E-state index contributed by atoms with van der Waals surface area (Å²) in [4.78, 5) is 11.7. The van der Waals surface area contributed by atoms with Gasteiger partial charge in [0.15, 0.2) is 0 Å². The summed E-state index contributed by atoms with van der Waals surface area (Å²) in [5.41, 5.74) is 1.55. The highest BCUT2D eigenvalue weighted by Gasteiger charge is 2.40. The summed E-state index contributed by atoms with van der Waals surface area (Å²) in [6.45, 7) is 0.121. The number of hydrogen-bond acceptors (Lipinski definition) is 3. The lowest BCUT2D eigenvalue weighted by Crippen LogP contribution is -2.43. The van der Waals surface area contributed by atoms with Gasteiger partial charge in [-0.15, -0.1) is 0 Å². The summed E-state index contributed by atoms with van der Waals surface area (Å²) < 4.78 is 37.9. The van der Waals surface area contributed by atoms with Crippen LogP contribution in [0.5, 0.6) is 0 Å². The lowest BCUT2D eigenvalue weighted by molar-refractivity contribution is -0.158. The molecule has 0 saturated carbocycles. The number of hydroxylamine groups is 2. The number of nitrogens with zero attached hydrogens (tertiary/aromatic N) is 1. The van der Waals surface area contributed by atoms with Crippen LogP contribution in [-0.4, -0.2) is 33.3 Å². The molecule has 24 heavy (non-hydrogen) atoms. The highest BCUT2D eigenvalue weighted by molar-refractivity contribution is 7.96. The second kappa shape index (κ2) is 6.40. The van der Waals surface area contributed by atoms with Gasteiger partial charge in [-0.3, -0.25) is 10.0 Å². The van der Waals surface area contributed by atoms with Gasteiger partial charge in [0.25, 0.3) is 5.91 Å². The van der Waals surface area contributed by atoms with E-state index in [0.29, 0.717) is 5.06 Å². The smallest absolute Gasteiger partial charge is 0.286 e. The average Bonchev–Trinajstić information content (AvgIpc) is 2.87. The summed E-state index contributed by atoms with van der Waals surface area (Å²) in [6, 6.07) is 11.3. The molecule has 8 heteroatoms. The lowest BCUT2D eigenvalue weighted by Gasteiger charge is -2.11. The van der Waals surface area contributed by atoms with Gasteiger partial charge in [-0.25, -0.2) is 9.45 Å². The van der Waals surface area contributed by atoms with Crippen molar-refractivity contribution in [2.45, 2.75) is 17.4 Å². The summed E-state index contributed by atoms with van der Waals surface area (Å²) in [6.07, 6.45) is 0.251. The van der Waals surface area contributed by atoms with Gasteiger partial charge in [0.2, 0.25) is 4.90 Å². The molecule has 1 amide bonds. The molecule has 2 atom stereocenters. The number of carbonyl (C=O) groups excluding carboxylic acids is 1. The van der Waals surface area contributed by atoms with Crippen molar-refractivity contribution in [1.82, 2.24) is 9.79 Å². The fraction of sp³-hybridized carbons (Fsp3) is 0.188. The standard InChI is InChI=1S/C16H15FN2O4S/c17-13-5-1-11(2-6-13)12-3-7-14(8-4-12)24(22,23)18-15-9-10-19(21)16(15)20/h1-8,15,21H,9-10H2,(H-,18,22,23)/p+1/t15-/m1/s1. The molecule has 0 aliphatic carbocycles. The molecule has 0 aromatic heterocycles. The highest BCUT2D eigenvalue weighted by Crippen LogP contribution is 2.24. The predicted octanol–water partition coefficient (Wildman–Crippen LogP) is 2.32. The van der Waals surface area contributed by atoms with Gasteiger partial charge in [-0.2, -0.15) is 4.55 Å². The molecule has 2 aromatic rings. The van der Waals surface area contributed by atoms with E-state index in [9.17, 15) is 23.2 Å². The zero-order valence-electron chi connectivity index (χ0n) is 12.6. The number of carbonyl (C=O) groups is 1. The highest BCUT2D eigenvalue weighted by atomic mass is 32.3. The van der Waals surface area contributed by atoms with E-state index in [-0.39, 0.29) is 23.7 Å². The van der Waals surface area contributed by atoms with Gasteiger partial charge in [0.1, 0.15) is 11.9 Å². The van der Waals surface area contributed by atoms with Crippen LogP contribution in [0.1, 0.15) is 6.42 Å². The Morgan fingerprint density at radius 1 is 1.08 bits per heavy atom. The first-order chi connectivity index (χ1) is 11.4. The molecular weight excluding hydrogens is 335 g/mol. The largest absolute Gasteiger partial charge is 0.323 e. The Morgan fingerprint density at radius 3 is 2.12 bits per heavy atom. The fourth-order valence-electron chi connectivity index (χ4n) is 2.51. The topological polar surface area (TPSA) is 89.9 Å². The van der Waals surface area contributed by atoms with E-state index < -0.39 is 22.3 Å². The zero-order valence-corrected chi connectivity index (χ0v) is 13.4. The Bertz CT molecular complexity index is 795. The maximum Gasteiger partial charge on any atom is 0.323 e. The van der Waals surface area contributed by atoms with Crippen LogP contribution >= 0.6 is 0 Å². The molecule has 1 aliphatic rings. The molecule has 0 bridgehead atoms. The van der Waals surface area contributed by atoms with Crippen molar-refractivity contribution in [2.24, 2.45) is 0 Å². The van der Waals surface area contributed by atoms with E-state index in [2.05, 4.69) is 4.72 Å². The van der Waals surface area contributed by atoms with E-state index in [1.165, 1.54) is 24.3 Å². The maximum atomic E-state index is 12.9. The Kier molecular flexibility index (Phi) is 4.46. The van der Waals surface area contributed by atoms with Crippen LogP contribution in [-0.2, 0) is 19.4 Å². The number of amides is 1. The van der Waals surface area contributed by atoms with Crippen LogP contribution < -0.4 is 4.72 Å². The van der Waals surface area contributed by atoms with Crippen molar-refractivity contribution >= 4 is 16.3 Å². The Balaban J connectivity index is 1.78. The minimum absolute atomic E-state index is 0.121. The van der Waals surface area contributed by atoms with Crippen LogP contribution in [0.15, 0.2) is 53.4 Å². The molecule has 1 heterocycles. The minimum atomic E-state index is -3.62. The summed E-state index contributed by atoms with van der Waals surface area (Å²) in [5.74, 6) is -0.961. The molecule has 1 unspecified atom stereocenters. The van der Waals surface area contributed by atoms with Crippen molar-refractivity contribution in [1.29, 1.82) is 0 Å². The van der Waals surface area contributed by atoms with Crippen LogP contribution in [0.2, 0.25) is 0 Å². The molecule has 0 radical (unpaired) electrons. The summed E-state index contributed by atoms with van der Waals surface area (Å²) >= 11 is 0. The molecule has 1 saturated heterocycles. The molecule has 3 rings (SSSR count). The van der Waals surface area contributed by atoms with E-state index in [0.717, 1.165) is 11.1 Å². The van der Waals surface area contributed by atoms with E-state index in [1.807, 2.05) is 0 Å². The number of rotatable bonds is 4. The van der Waals surface area contributed by atoms with Gasteiger partial charge in [0.05, 0.1) is 6.54 Å². The van der Waals surface area contributed by atoms with Gasteiger partial charge >= 0.3 is 10.4 Å². The Morgan fingerprint density at radius 2 is 1.62 bits per heavy atom. The third kappa shape index (κ3) is 3.36. The van der Waals surface area contributed by atoms with Gasteiger partial charge in [0, 0.05) is 0 Å². The van der Waals surface area contributed by atoms with Crippen LogP contribution in [0.25, 0.3) is 11.1 Å². The third-order valence-corrected chi connectivity index (χ3v) is 5.35. The predicted molar refractivity (Wildman–Crippen MR) is 85.8 cm³/mol. The van der Waals surface area contributed by atoms with E-state index >= 15 is 0 Å². The molecule has 2 aromatic carbocycles. The van der Waals surface area contributed by atoms with Gasteiger partial charge in [-0.1, -0.05) is 16.9 Å². The minimum Gasteiger partial charge on any atom is -0.286 e. The zero-order chi connectivity index (χ0) is 17.3. The number of halogens is 1. The molecule has 3 N–H and O–H groups in total. The third-order valence-electron chi connectivity index (χ3n) is 3.84. The lowest BCUT2D eigenvalue weighted by atomic mass is 10.1. The van der Waals surface area contributed by atoms with Crippen LogP contribution in [0.3, 0.4) is 0 Å². The summed E-state index contributed by atoms with van der Waals surface area (Å²) in [5, 5.41) is 9.79. The molecule has 6 nitrogen and oxygen atoms in total. The summed E-state index contributed by atoms with van der Waals surface area (Å²) in [7, 11) is -3.62. The van der Waals surface area contributed by atoms with E-state index in [4.69, 9.17) is 0 Å². The first-order valence-electron chi connectivity index (χ1n) is 7.27. The van der Waals surface area contributed by atoms with Gasteiger partial charge in [-0.05, 0) is 58.2 Å². The SMILES string of the molecule is O=C1[C@H](N[S+](=O)(O)c2ccc(-c3ccc(F)cc3)cc2)CCN1O. The quantitative estimate of drug-likeness (QED) is 0.582. The normalized spacial score (nSPS) is 20.2. The Hall–Kier alpha value is -2.13. The van der Waals surface area contributed by atoms with Crippen molar-refractivity contribution in [3.05, 3.63) is 54.3 Å². The van der Waals surface area contributed by atoms with Crippen molar-refractivity contribution in [2.75, 3.05) is 6.54 Å². The molecule has 126 valence electrons. The number of benzene rings is 2. The second-order valence-corrected chi connectivity index (χ2v) is 7.24. The van der Waals surface area contributed by atoms with Crippen molar-refractivity contribution in [3.63, 3.8) is 0 Å². The van der Waals surface area contributed by atoms with Crippen molar-refractivity contribution in [3.8, 4) is 11.1 Å². The fourth-order valence-corrected chi connectivity index (χ4v) is 3.75. The van der Waals surface area contributed by atoms with Gasteiger partial charge < -0.3 is 0 Å². The average molecular weight is 351 g/mol. The number of hydrogen-bond donors (Lipinski definition) is 3. The van der Waals surface area contributed by atoms with Crippen LogP contribution in [0.4, 0.5) is 4.39 Å². The first kappa shape index (κ1) is 16.7. The molecule has 0 spiro atoms.